The number of aryl methyl sites for hydroxylation is 1. The molecule has 0 bridgehead atoms. The third kappa shape index (κ3) is 3.60. The van der Waals surface area contributed by atoms with Crippen LogP contribution >= 0.6 is 0 Å². The van der Waals surface area contributed by atoms with Gasteiger partial charge in [0, 0.05) is 38.1 Å². The largest absolute Gasteiger partial charge is 0.378 e. The normalized spacial score (nSPS) is 10.3. The number of nitrogens with one attached hydrogen (secondary N) is 2. The van der Waals surface area contributed by atoms with E-state index in [1.165, 1.54) is 19.1 Å². The van der Waals surface area contributed by atoms with Crippen molar-refractivity contribution in [3.8, 4) is 0 Å². The summed E-state index contributed by atoms with van der Waals surface area (Å²) < 4.78 is 15.8. The molecule has 1 heterocycles. The van der Waals surface area contributed by atoms with Gasteiger partial charge in [0.2, 0.25) is 5.91 Å². The van der Waals surface area contributed by atoms with Gasteiger partial charge < -0.3 is 15.2 Å². The van der Waals surface area contributed by atoms with Gasteiger partial charge in [-0.05, 0) is 36.8 Å². The van der Waals surface area contributed by atoms with Crippen molar-refractivity contribution < 1.29 is 9.18 Å². The molecule has 0 unspecified atom stereocenters. The summed E-state index contributed by atoms with van der Waals surface area (Å²) in [5.41, 5.74) is 2.03. The Balaban J connectivity index is 2.06. The van der Waals surface area contributed by atoms with E-state index >= 15 is 0 Å². The van der Waals surface area contributed by atoms with Crippen molar-refractivity contribution in [2.45, 2.75) is 26.9 Å². The van der Waals surface area contributed by atoms with Crippen LogP contribution in [0.25, 0.3) is 0 Å². The van der Waals surface area contributed by atoms with E-state index in [4.69, 9.17) is 0 Å². The molecule has 2 N–H and O–H groups in total. The molecule has 5 heteroatoms. The number of hydrogen-bond donors (Lipinski definition) is 2. The average Bonchev–Trinajstić information content (AvgIpc) is 2.87. The number of amides is 1. The van der Waals surface area contributed by atoms with Crippen molar-refractivity contribution in [2.75, 3.05) is 10.6 Å². The molecule has 4 nitrogen and oxygen atoms in total. The van der Waals surface area contributed by atoms with Crippen LogP contribution in [-0.4, -0.2) is 10.5 Å². The Morgan fingerprint density at radius 1 is 1.35 bits per heavy atom. The first-order chi connectivity index (χ1) is 9.58. The number of halogens is 1. The zero-order valence-corrected chi connectivity index (χ0v) is 11.6. The Bertz CT molecular complexity index is 607. The number of benzene rings is 1. The minimum atomic E-state index is -0.339. The lowest BCUT2D eigenvalue weighted by Gasteiger charge is -2.09. The summed E-state index contributed by atoms with van der Waals surface area (Å²) in [5, 5.41) is 5.67. The maximum absolute atomic E-state index is 13.7. The van der Waals surface area contributed by atoms with Crippen molar-refractivity contribution in [3.05, 3.63) is 48.0 Å². The molecule has 20 heavy (non-hydrogen) atoms. The minimum Gasteiger partial charge on any atom is -0.378 e. The lowest BCUT2D eigenvalue weighted by atomic mass is 10.2. The van der Waals surface area contributed by atoms with Crippen molar-refractivity contribution >= 4 is 17.3 Å². The number of nitrogens with zero attached hydrogens (tertiary/aromatic N) is 1. The van der Waals surface area contributed by atoms with Crippen LogP contribution in [0.4, 0.5) is 15.8 Å². The molecular formula is C15H18FN3O. The van der Waals surface area contributed by atoms with Gasteiger partial charge in [0.1, 0.15) is 5.82 Å². The number of aromatic nitrogens is 1. The maximum atomic E-state index is 13.7. The summed E-state index contributed by atoms with van der Waals surface area (Å²) in [4.78, 5) is 11.0. The quantitative estimate of drug-likeness (QED) is 0.880. The second-order valence-corrected chi connectivity index (χ2v) is 4.58. The summed E-state index contributed by atoms with van der Waals surface area (Å²) >= 11 is 0. The number of rotatable bonds is 5. The minimum absolute atomic E-state index is 0.178. The summed E-state index contributed by atoms with van der Waals surface area (Å²) in [6, 6.07) is 6.46. The molecule has 2 aromatic rings. The van der Waals surface area contributed by atoms with Gasteiger partial charge in [-0.2, -0.15) is 0 Å². The smallest absolute Gasteiger partial charge is 0.221 e. The third-order valence-electron chi connectivity index (χ3n) is 2.95. The molecule has 1 amide bonds. The zero-order chi connectivity index (χ0) is 14.5. The van der Waals surface area contributed by atoms with Gasteiger partial charge in [0.05, 0.1) is 5.69 Å². The third-order valence-corrected chi connectivity index (χ3v) is 2.95. The van der Waals surface area contributed by atoms with Crippen LogP contribution in [0.15, 0.2) is 36.7 Å². The number of anilines is 2. The van der Waals surface area contributed by atoms with E-state index in [0.29, 0.717) is 17.9 Å². The molecule has 0 saturated heterocycles. The van der Waals surface area contributed by atoms with Crippen LogP contribution in [0, 0.1) is 5.82 Å². The number of carbonyl (C=O) groups is 1. The molecule has 106 valence electrons. The molecule has 0 spiro atoms. The van der Waals surface area contributed by atoms with Crippen molar-refractivity contribution in [1.82, 2.24) is 4.57 Å². The highest BCUT2D eigenvalue weighted by molar-refractivity contribution is 5.89. The molecule has 0 radical (unpaired) electrons. The lowest BCUT2D eigenvalue weighted by molar-refractivity contribution is -0.114. The molecule has 0 aliphatic rings. The van der Waals surface area contributed by atoms with Gasteiger partial charge in [-0.25, -0.2) is 4.39 Å². The molecule has 0 saturated carbocycles. The maximum Gasteiger partial charge on any atom is 0.221 e. The van der Waals surface area contributed by atoms with E-state index in [2.05, 4.69) is 22.1 Å². The van der Waals surface area contributed by atoms with Crippen LogP contribution in [0.1, 0.15) is 19.4 Å². The van der Waals surface area contributed by atoms with Gasteiger partial charge in [0.25, 0.3) is 0 Å². The number of carbonyl (C=O) groups excluding carboxylic acids is 1. The highest BCUT2D eigenvalue weighted by atomic mass is 19.1. The van der Waals surface area contributed by atoms with Gasteiger partial charge in [0.15, 0.2) is 0 Å². The summed E-state index contributed by atoms with van der Waals surface area (Å²) in [5.74, 6) is -0.517. The monoisotopic (exact) mass is 275 g/mol. The molecule has 0 aliphatic carbocycles. The van der Waals surface area contributed by atoms with Crippen molar-refractivity contribution in [2.24, 2.45) is 0 Å². The second kappa shape index (κ2) is 6.23. The van der Waals surface area contributed by atoms with Crippen LogP contribution in [0.5, 0.6) is 0 Å². The van der Waals surface area contributed by atoms with E-state index in [1.807, 2.05) is 18.5 Å². The van der Waals surface area contributed by atoms with Crippen LogP contribution in [-0.2, 0) is 17.9 Å². The Kier molecular flexibility index (Phi) is 4.40. The van der Waals surface area contributed by atoms with E-state index < -0.39 is 0 Å². The highest BCUT2D eigenvalue weighted by Gasteiger charge is 2.05. The van der Waals surface area contributed by atoms with E-state index in [1.54, 1.807) is 6.07 Å². The fourth-order valence-electron chi connectivity index (χ4n) is 1.93. The van der Waals surface area contributed by atoms with E-state index in [-0.39, 0.29) is 11.7 Å². The standard InChI is InChI=1S/C15H18FN3O/c1-3-19-7-6-12(10-19)9-17-15-8-13(18-11(2)20)4-5-14(15)16/h4-8,10,17H,3,9H2,1-2H3,(H,18,20). The van der Waals surface area contributed by atoms with Gasteiger partial charge in [-0.15, -0.1) is 0 Å². The van der Waals surface area contributed by atoms with E-state index in [9.17, 15) is 9.18 Å². The topological polar surface area (TPSA) is 46.1 Å². The average molecular weight is 275 g/mol. The Labute approximate surface area is 117 Å². The summed E-state index contributed by atoms with van der Waals surface area (Å²) in [7, 11) is 0. The Morgan fingerprint density at radius 3 is 2.80 bits per heavy atom. The van der Waals surface area contributed by atoms with Crippen LogP contribution in [0.3, 0.4) is 0 Å². The fraction of sp³-hybridized carbons (Fsp3) is 0.267. The summed E-state index contributed by atoms with van der Waals surface area (Å²) in [6.07, 6.45) is 4.00. The van der Waals surface area contributed by atoms with Crippen LogP contribution in [0.2, 0.25) is 0 Å². The lowest BCUT2D eigenvalue weighted by Crippen LogP contribution is -2.07. The molecule has 0 atom stereocenters. The van der Waals surface area contributed by atoms with Gasteiger partial charge in [-0.3, -0.25) is 4.79 Å². The second-order valence-electron chi connectivity index (χ2n) is 4.58. The predicted molar refractivity (Wildman–Crippen MR) is 78.1 cm³/mol. The van der Waals surface area contributed by atoms with Crippen LogP contribution < -0.4 is 10.6 Å². The van der Waals surface area contributed by atoms with Gasteiger partial charge in [-0.1, -0.05) is 0 Å². The fourth-order valence-corrected chi connectivity index (χ4v) is 1.93. The zero-order valence-electron chi connectivity index (χ0n) is 11.6. The SMILES string of the molecule is CCn1ccc(CNc2cc(NC(C)=O)ccc2F)c1. The Morgan fingerprint density at radius 2 is 2.15 bits per heavy atom. The summed E-state index contributed by atoms with van der Waals surface area (Å²) in [6.45, 7) is 4.93. The number of hydrogen-bond acceptors (Lipinski definition) is 2. The molecule has 0 aliphatic heterocycles. The van der Waals surface area contributed by atoms with Crippen molar-refractivity contribution in [1.29, 1.82) is 0 Å². The first-order valence-electron chi connectivity index (χ1n) is 6.54. The van der Waals surface area contributed by atoms with Crippen molar-refractivity contribution in [3.63, 3.8) is 0 Å². The first kappa shape index (κ1) is 14.1. The van der Waals surface area contributed by atoms with Gasteiger partial charge >= 0.3 is 0 Å². The molecule has 0 fully saturated rings. The Hall–Kier alpha value is -2.30. The highest BCUT2D eigenvalue weighted by Crippen LogP contribution is 2.20. The molecular weight excluding hydrogens is 257 g/mol. The molecule has 1 aromatic heterocycles. The molecule has 1 aromatic carbocycles. The first-order valence-corrected chi connectivity index (χ1v) is 6.54. The predicted octanol–water partition coefficient (Wildman–Crippen LogP) is 3.22. The molecule has 2 rings (SSSR count). The van der Waals surface area contributed by atoms with E-state index in [0.717, 1.165) is 12.1 Å².